The number of carbonyl (C=O) groups is 1. The molecule has 0 bridgehead atoms. The zero-order valence-corrected chi connectivity index (χ0v) is 18.5. The van der Waals surface area contributed by atoms with E-state index >= 15 is 0 Å². The molecule has 164 valence electrons. The van der Waals surface area contributed by atoms with Crippen molar-refractivity contribution in [3.05, 3.63) is 11.1 Å². The van der Waals surface area contributed by atoms with Crippen molar-refractivity contribution in [2.24, 2.45) is 5.92 Å². The Morgan fingerprint density at radius 3 is 2.32 bits per heavy atom. The molecule has 4 N–H and O–H groups in total. The van der Waals surface area contributed by atoms with Crippen molar-refractivity contribution in [3.8, 4) is 6.07 Å². The lowest BCUT2D eigenvalue weighted by atomic mass is 10.00. The van der Waals surface area contributed by atoms with E-state index in [0.29, 0.717) is 59.1 Å². The first-order valence-corrected chi connectivity index (χ1v) is 10.7. The molecule has 9 heteroatoms. The second-order valence-corrected chi connectivity index (χ2v) is 8.92. The summed E-state index contributed by atoms with van der Waals surface area (Å²) >= 11 is 0. The molecule has 0 spiro atoms. The predicted molar refractivity (Wildman–Crippen MR) is 121 cm³/mol. The van der Waals surface area contributed by atoms with Crippen LogP contribution in [0, 0.1) is 17.2 Å². The van der Waals surface area contributed by atoms with Gasteiger partial charge in [-0.2, -0.15) is 5.26 Å². The van der Waals surface area contributed by atoms with Gasteiger partial charge in [0, 0.05) is 30.6 Å². The lowest BCUT2D eigenvalue weighted by Crippen LogP contribution is -2.46. The number of nitrogen functional groups attached to an aromatic ring is 2. The molecule has 2 unspecified atom stereocenters. The Hall–Kier alpha value is -3.12. The highest BCUT2D eigenvalue weighted by Gasteiger charge is 2.35. The molecule has 0 aromatic carbocycles. The standard InChI is InChI=1S/C22H29N7O2/c1-11(2)5-6-29-16(30)7-14-17-15(8-23)21(28-9-12(3)31-13(4)10-28)26-19(24)18(17)20(25)27-22(14)29/h11-13H,5-7,9-10H2,1-4H3,(H2,24,26)(H2,25,27). The minimum Gasteiger partial charge on any atom is -0.383 e. The largest absolute Gasteiger partial charge is 0.383 e. The molecule has 0 saturated carbocycles. The second-order valence-electron chi connectivity index (χ2n) is 8.92. The molecular weight excluding hydrogens is 394 g/mol. The van der Waals surface area contributed by atoms with Crippen LogP contribution in [0.4, 0.5) is 23.3 Å². The van der Waals surface area contributed by atoms with Crippen LogP contribution in [0.3, 0.4) is 0 Å². The van der Waals surface area contributed by atoms with E-state index in [0.717, 1.165) is 6.42 Å². The quantitative estimate of drug-likeness (QED) is 0.764. The van der Waals surface area contributed by atoms with Gasteiger partial charge in [0.15, 0.2) is 0 Å². The third-order valence-corrected chi connectivity index (χ3v) is 5.91. The average Bonchev–Trinajstić information content (AvgIpc) is 3.00. The molecule has 4 rings (SSSR count). The highest BCUT2D eigenvalue weighted by molar-refractivity contribution is 6.13. The van der Waals surface area contributed by atoms with Gasteiger partial charge in [-0.1, -0.05) is 13.8 Å². The maximum Gasteiger partial charge on any atom is 0.232 e. The van der Waals surface area contributed by atoms with Crippen LogP contribution in [-0.2, 0) is 16.0 Å². The fraction of sp³-hybridized carbons (Fsp3) is 0.545. The molecule has 2 aromatic rings. The van der Waals surface area contributed by atoms with Gasteiger partial charge >= 0.3 is 0 Å². The first-order chi connectivity index (χ1) is 14.7. The first-order valence-electron chi connectivity index (χ1n) is 10.7. The number of nitrogens with two attached hydrogens (primary N) is 2. The highest BCUT2D eigenvalue weighted by Crippen LogP contribution is 2.42. The molecule has 31 heavy (non-hydrogen) atoms. The van der Waals surface area contributed by atoms with Crippen molar-refractivity contribution in [1.82, 2.24) is 9.97 Å². The number of ether oxygens (including phenoxy) is 1. The Bertz CT molecular complexity index is 1080. The third kappa shape index (κ3) is 3.61. The lowest BCUT2D eigenvalue weighted by molar-refractivity contribution is -0.117. The van der Waals surface area contributed by atoms with E-state index in [2.05, 4.69) is 29.9 Å². The Labute approximate surface area is 182 Å². The van der Waals surface area contributed by atoms with Gasteiger partial charge in [-0.3, -0.25) is 9.69 Å². The van der Waals surface area contributed by atoms with Crippen LogP contribution in [-0.4, -0.2) is 47.7 Å². The van der Waals surface area contributed by atoms with Gasteiger partial charge in [-0.25, -0.2) is 9.97 Å². The second kappa shape index (κ2) is 7.85. The van der Waals surface area contributed by atoms with Crippen LogP contribution in [0.1, 0.15) is 45.2 Å². The SMILES string of the molecule is CC(C)CCN1C(=O)Cc2c1nc(N)c1c(N)nc(N3CC(C)OC(C)C3)c(C#N)c21. The zero-order valence-electron chi connectivity index (χ0n) is 18.5. The van der Waals surface area contributed by atoms with Gasteiger partial charge in [-0.15, -0.1) is 0 Å². The molecule has 2 aliphatic heterocycles. The third-order valence-electron chi connectivity index (χ3n) is 5.91. The maximum absolute atomic E-state index is 12.8. The van der Waals surface area contributed by atoms with Crippen molar-refractivity contribution in [2.75, 3.05) is 40.9 Å². The fourth-order valence-electron chi connectivity index (χ4n) is 4.56. The number of fused-ring (bicyclic) bond motifs is 3. The number of anilines is 4. The van der Waals surface area contributed by atoms with E-state index in [-0.39, 0.29) is 36.2 Å². The van der Waals surface area contributed by atoms with Crippen LogP contribution in [0.25, 0.3) is 10.8 Å². The number of carbonyl (C=O) groups excluding carboxylic acids is 1. The molecule has 1 fully saturated rings. The van der Waals surface area contributed by atoms with Gasteiger partial charge in [0.25, 0.3) is 0 Å². The first kappa shape index (κ1) is 21.1. The van der Waals surface area contributed by atoms with Crippen molar-refractivity contribution in [2.45, 2.75) is 52.7 Å². The minimum absolute atomic E-state index is 0.00431. The van der Waals surface area contributed by atoms with E-state index in [1.165, 1.54) is 0 Å². The van der Waals surface area contributed by atoms with Crippen LogP contribution >= 0.6 is 0 Å². The summed E-state index contributed by atoms with van der Waals surface area (Å²) in [4.78, 5) is 25.6. The smallest absolute Gasteiger partial charge is 0.232 e. The van der Waals surface area contributed by atoms with Crippen molar-refractivity contribution in [3.63, 3.8) is 0 Å². The predicted octanol–water partition coefficient (Wildman–Crippen LogP) is 2.21. The number of nitrogens with zero attached hydrogens (tertiary/aromatic N) is 5. The summed E-state index contributed by atoms with van der Waals surface area (Å²) in [6.45, 7) is 9.96. The number of amides is 1. The molecule has 2 aromatic heterocycles. The van der Waals surface area contributed by atoms with Crippen LogP contribution < -0.4 is 21.3 Å². The molecule has 2 atom stereocenters. The molecular formula is C22H29N7O2. The summed E-state index contributed by atoms with van der Waals surface area (Å²) in [5, 5.41) is 11.2. The summed E-state index contributed by atoms with van der Waals surface area (Å²) in [7, 11) is 0. The van der Waals surface area contributed by atoms with Gasteiger partial charge in [0.1, 0.15) is 34.9 Å². The number of hydrogen-bond acceptors (Lipinski definition) is 8. The molecule has 0 aliphatic carbocycles. The van der Waals surface area contributed by atoms with E-state index in [9.17, 15) is 10.1 Å². The lowest BCUT2D eigenvalue weighted by Gasteiger charge is -2.36. The van der Waals surface area contributed by atoms with Gasteiger partial charge in [0.2, 0.25) is 5.91 Å². The summed E-state index contributed by atoms with van der Waals surface area (Å²) in [5.74, 6) is 1.86. The van der Waals surface area contributed by atoms with E-state index in [1.807, 2.05) is 18.7 Å². The number of nitriles is 1. The normalized spacial score (nSPS) is 21.1. The number of morpholine rings is 1. The zero-order chi connectivity index (χ0) is 22.4. The Kier molecular flexibility index (Phi) is 5.35. The summed E-state index contributed by atoms with van der Waals surface area (Å²) in [6, 6.07) is 2.32. The summed E-state index contributed by atoms with van der Waals surface area (Å²) in [6.07, 6.45) is 1.01. The number of aromatic nitrogens is 2. The van der Waals surface area contributed by atoms with E-state index < -0.39 is 0 Å². The summed E-state index contributed by atoms with van der Waals surface area (Å²) < 4.78 is 5.83. The molecule has 9 nitrogen and oxygen atoms in total. The topological polar surface area (TPSA) is 134 Å². The molecule has 4 heterocycles. The Morgan fingerprint density at radius 2 is 1.74 bits per heavy atom. The monoisotopic (exact) mass is 423 g/mol. The van der Waals surface area contributed by atoms with Crippen LogP contribution in [0.2, 0.25) is 0 Å². The van der Waals surface area contributed by atoms with Crippen molar-refractivity contribution in [1.29, 1.82) is 5.26 Å². The minimum atomic E-state index is -0.0375. The number of pyridine rings is 2. The average molecular weight is 424 g/mol. The van der Waals surface area contributed by atoms with Crippen molar-refractivity contribution < 1.29 is 9.53 Å². The summed E-state index contributed by atoms with van der Waals surface area (Å²) in [5.41, 5.74) is 13.7. The van der Waals surface area contributed by atoms with E-state index in [4.69, 9.17) is 16.2 Å². The maximum atomic E-state index is 12.8. The Balaban J connectivity index is 1.92. The van der Waals surface area contributed by atoms with Crippen molar-refractivity contribution >= 4 is 40.0 Å². The van der Waals surface area contributed by atoms with E-state index in [1.54, 1.807) is 4.90 Å². The van der Waals surface area contributed by atoms with Crippen LogP contribution in [0.15, 0.2) is 0 Å². The molecule has 0 radical (unpaired) electrons. The Morgan fingerprint density at radius 1 is 1.13 bits per heavy atom. The number of rotatable bonds is 4. The van der Waals surface area contributed by atoms with Gasteiger partial charge in [0.05, 0.1) is 24.0 Å². The fourth-order valence-corrected chi connectivity index (χ4v) is 4.56. The van der Waals surface area contributed by atoms with Gasteiger partial charge in [-0.05, 0) is 26.2 Å². The molecule has 1 saturated heterocycles. The molecule has 2 aliphatic rings. The van der Waals surface area contributed by atoms with Crippen LogP contribution in [0.5, 0.6) is 0 Å². The number of hydrogen-bond donors (Lipinski definition) is 2. The molecule has 1 amide bonds. The van der Waals surface area contributed by atoms with Gasteiger partial charge < -0.3 is 21.1 Å². The highest BCUT2D eigenvalue weighted by atomic mass is 16.5.